The minimum absolute atomic E-state index is 0.00330. The van der Waals surface area contributed by atoms with Crippen LogP contribution in [0.1, 0.15) is 56.6 Å². The predicted octanol–water partition coefficient (Wildman–Crippen LogP) is 6.20. The van der Waals surface area contributed by atoms with E-state index in [0.29, 0.717) is 10.7 Å². The third-order valence-electron chi connectivity index (χ3n) is 7.89. The van der Waals surface area contributed by atoms with Gasteiger partial charge in [-0.25, -0.2) is 8.42 Å². The number of alkyl halides is 3. The summed E-state index contributed by atoms with van der Waals surface area (Å²) < 4.78 is 69.4. The molecule has 1 aliphatic rings. The number of halogens is 3. The molecule has 0 unspecified atom stereocenters. The average Bonchev–Trinajstić information content (AvgIpc) is 3.02. The summed E-state index contributed by atoms with van der Waals surface area (Å²) in [7, 11) is -4.47. The molecule has 1 saturated carbocycles. The highest BCUT2D eigenvalue weighted by Gasteiger charge is 2.36. The minimum atomic E-state index is -4.73. The van der Waals surface area contributed by atoms with Crippen molar-refractivity contribution in [2.45, 2.75) is 75.0 Å². The Morgan fingerprint density at radius 3 is 2.16 bits per heavy atom. The molecule has 4 rings (SSSR count). The molecule has 1 atom stereocenters. The number of hydrogen-bond donors (Lipinski definition) is 1. The summed E-state index contributed by atoms with van der Waals surface area (Å²) in [5, 5.41) is 3.08. The molecule has 3 aromatic rings. The Bertz CT molecular complexity index is 1500. The summed E-state index contributed by atoms with van der Waals surface area (Å²) in [6.45, 7) is 1.10. The Morgan fingerprint density at radius 1 is 0.909 bits per heavy atom. The van der Waals surface area contributed by atoms with Crippen LogP contribution in [0.25, 0.3) is 0 Å². The van der Waals surface area contributed by atoms with Gasteiger partial charge in [0.25, 0.3) is 10.0 Å². The van der Waals surface area contributed by atoms with Gasteiger partial charge in [-0.2, -0.15) is 13.2 Å². The molecule has 0 heterocycles. The first-order chi connectivity index (χ1) is 21.0. The molecular formula is C33H38F3N3O4S. The van der Waals surface area contributed by atoms with Gasteiger partial charge in [-0.3, -0.25) is 13.9 Å². The lowest BCUT2D eigenvalue weighted by Gasteiger charge is -2.34. The summed E-state index contributed by atoms with van der Waals surface area (Å²) in [6.07, 6.45) is 0.741. The van der Waals surface area contributed by atoms with Crippen molar-refractivity contribution in [3.05, 3.63) is 96.1 Å². The molecule has 0 spiro atoms. The van der Waals surface area contributed by atoms with Crippen molar-refractivity contribution in [2.24, 2.45) is 0 Å². The first kappa shape index (κ1) is 33.0. The normalized spacial score (nSPS) is 14.9. The molecule has 11 heteroatoms. The number of hydrogen-bond acceptors (Lipinski definition) is 4. The van der Waals surface area contributed by atoms with E-state index in [1.165, 1.54) is 35.2 Å². The fourth-order valence-electron chi connectivity index (χ4n) is 5.53. The zero-order chi connectivity index (χ0) is 31.7. The van der Waals surface area contributed by atoms with Crippen LogP contribution in [-0.2, 0) is 32.2 Å². The van der Waals surface area contributed by atoms with Crippen molar-refractivity contribution < 1.29 is 31.2 Å². The van der Waals surface area contributed by atoms with Gasteiger partial charge in [0.15, 0.2) is 0 Å². The third-order valence-corrected chi connectivity index (χ3v) is 9.68. The molecule has 1 N–H and O–H groups in total. The second kappa shape index (κ2) is 14.7. The molecule has 7 nitrogen and oxygen atoms in total. The molecule has 0 saturated heterocycles. The van der Waals surface area contributed by atoms with Crippen LogP contribution in [0.3, 0.4) is 0 Å². The van der Waals surface area contributed by atoms with Crippen LogP contribution < -0.4 is 9.62 Å². The van der Waals surface area contributed by atoms with E-state index < -0.39 is 40.3 Å². The van der Waals surface area contributed by atoms with Gasteiger partial charge in [-0.15, -0.1) is 0 Å². The van der Waals surface area contributed by atoms with E-state index in [0.717, 1.165) is 55.9 Å². The second-order valence-electron chi connectivity index (χ2n) is 11.0. The van der Waals surface area contributed by atoms with Crippen molar-refractivity contribution in [3.8, 4) is 0 Å². The van der Waals surface area contributed by atoms with Crippen LogP contribution in [0, 0.1) is 0 Å². The molecule has 0 bridgehead atoms. The zero-order valence-electron chi connectivity index (χ0n) is 24.7. The van der Waals surface area contributed by atoms with Crippen molar-refractivity contribution >= 4 is 27.5 Å². The van der Waals surface area contributed by atoms with Crippen LogP contribution in [0.15, 0.2) is 89.8 Å². The lowest BCUT2D eigenvalue weighted by Crippen LogP contribution is -2.54. The number of carbonyl (C=O) groups excluding carboxylic acids is 2. The zero-order valence-corrected chi connectivity index (χ0v) is 25.5. The molecule has 2 amide bonds. The van der Waals surface area contributed by atoms with Gasteiger partial charge < -0.3 is 10.2 Å². The van der Waals surface area contributed by atoms with Crippen LogP contribution in [0.4, 0.5) is 18.9 Å². The standard InChI is InChI=1S/C33H38F3N3O4S/c1-2-30(32(41)37-27-16-8-4-9-17-27)38(22-21-25-13-6-3-7-14-25)31(40)24-39(44(42,43)29-19-10-5-11-20-29)28-18-12-15-26(23-28)33(34,35)36/h3,5-7,10-15,18-20,23,27,30H,2,4,8-9,16-17,21-22,24H2,1H3,(H,37,41)/t30-/m0/s1. The maximum absolute atomic E-state index is 14.1. The Labute approximate surface area is 257 Å². The number of carbonyl (C=O) groups is 2. The van der Waals surface area contributed by atoms with Gasteiger partial charge in [0, 0.05) is 12.6 Å². The lowest BCUT2D eigenvalue weighted by molar-refractivity contribution is -0.140. The Balaban J connectivity index is 1.70. The van der Waals surface area contributed by atoms with E-state index in [2.05, 4.69) is 5.32 Å². The van der Waals surface area contributed by atoms with E-state index in [4.69, 9.17) is 0 Å². The topological polar surface area (TPSA) is 86.8 Å². The average molecular weight is 630 g/mol. The van der Waals surface area contributed by atoms with Crippen molar-refractivity contribution in [2.75, 3.05) is 17.4 Å². The second-order valence-corrected chi connectivity index (χ2v) is 12.8. The fourth-order valence-corrected chi connectivity index (χ4v) is 6.95. The van der Waals surface area contributed by atoms with Crippen molar-refractivity contribution in [1.29, 1.82) is 0 Å². The SMILES string of the molecule is CC[C@@H](C(=O)NC1CCCCC1)N(CCc1ccccc1)C(=O)CN(c1cccc(C(F)(F)F)c1)S(=O)(=O)c1ccccc1. The molecule has 236 valence electrons. The van der Waals surface area contributed by atoms with Crippen LogP contribution in [0.5, 0.6) is 0 Å². The van der Waals surface area contributed by atoms with Crippen molar-refractivity contribution in [1.82, 2.24) is 10.2 Å². The number of amides is 2. The monoisotopic (exact) mass is 629 g/mol. The number of benzene rings is 3. The summed E-state index contributed by atoms with van der Waals surface area (Å²) in [5.41, 5.74) is -0.436. The highest BCUT2D eigenvalue weighted by atomic mass is 32.2. The number of rotatable bonds is 12. The van der Waals surface area contributed by atoms with E-state index in [-0.39, 0.29) is 35.5 Å². The highest BCUT2D eigenvalue weighted by Crippen LogP contribution is 2.33. The summed E-state index contributed by atoms with van der Waals surface area (Å²) in [4.78, 5) is 28.9. The molecule has 1 fully saturated rings. The first-order valence-corrected chi connectivity index (χ1v) is 16.3. The van der Waals surface area contributed by atoms with E-state index in [9.17, 15) is 31.2 Å². The summed E-state index contributed by atoms with van der Waals surface area (Å²) in [6, 6.07) is 19.6. The fraction of sp³-hybridized carbons (Fsp3) is 0.394. The Hall–Kier alpha value is -3.86. The molecule has 0 aliphatic heterocycles. The molecule has 0 radical (unpaired) electrons. The van der Waals surface area contributed by atoms with Gasteiger partial charge in [0.2, 0.25) is 11.8 Å². The van der Waals surface area contributed by atoms with Gasteiger partial charge in [-0.1, -0.05) is 80.8 Å². The Kier molecular flexibility index (Phi) is 11.1. The van der Waals surface area contributed by atoms with Crippen LogP contribution in [0.2, 0.25) is 0 Å². The van der Waals surface area contributed by atoms with Crippen LogP contribution in [-0.4, -0.2) is 50.3 Å². The van der Waals surface area contributed by atoms with E-state index in [1.807, 2.05) is 30.3 Å². The number of sulfonamides is 1. The van der Waals surface area contributed by atoms with Gasteiger partial charge in [0.05, 0.1) is 16.1 Å². The van der Waals surface area contributed by atoms with Crippen LogP contribution >= 0.6 is 0 Å². The number of nitrogens with zero attached hydrogens (tertiary/aromatic N) is 2. The largest absolute Gasteiger partial charge is 0.416 e. The first-order valence-electron chi connectivity index (χ1n) is 14.9. The van der Waals surface area contributed by atoms with Gasteiger partial charge in [-0.05, 0) is 61.6 Å². The molecular weight excluding hydrogens is 591 g/mol. The maximum atomic E-state index is 14.1. The maximum Gasteiger partial charge on any atom is 0.416 e. The van der Waals surface area contributed by atoms with Gasteiger partial charge >= 0.3 is 6.18 Å². The smallest absolute Gasteiger partial charge is 0.352 e. The Morgan fingerprint density at radius 2 is 1.55 bits per heavy atom. The molecule has 44 heavy (non-hydrogen) atoms. The number of nitrogens with one attached hydrogen (secondary N) is 1. The van der Waals surface area contributed by atoms with Crippen molar-refractivity contribution in [3.63, 3.8) is 0 Å². The summed E-state index contributed by atoms with van der Waals surface area (Å²) >= 11 is 0. The third kappa shape index (κ3) is 8.40. The van der Waals surface area contributed by atoms with Gasteiger partial charge in [0.1, 0.15) is 12.6 Å². The number of anilines is 1. The highest BCUT2D eigenvalue weighted by molar-refractivity contribution is 7.92. The lowest BCUT2D eigenvalue weighted by atomic mass is 9.95. The minimum Gasteiger partial charge on any atom is -0.352 e. The quantitative estimate of drug-likeness (QED) is 0.259. The molecule has 0 aromatic heterocycles. The van der Waals surface area contributed by atoms with E-state index >= 15 is 0 Å². The molecule has 1 aliphatic carbocycles. The summed E-state index contributed by atoms with van der Waals surface area (Å²) in [5.74, 6) is -1.01. The van der Waals surface area contributed by atoms with E-state index in [1.54, 1.807) is 13.0 Å². The predicted molar refractivity (Wildman–Crippen MR) is 163 cm³/mol. The molecule has 3 aromatic carbocycles.